The minimum Gasteiger partial charge on any atom is -0.324 e. The first-order valence-electron chi connectivity index (χ1n) is 7.23. The Morgan fingerprint density at radius 1 is 1.38 bits per heavy atom. The third-order valence-electron chi connectivity index (χ3n) is 3.80. The van der Waals surface area contributed by atoms with Crippen molar-refractivity contribution in [2.75, 3.05) is 5.32 Å². The molecule has 0 aliphatic heterocycles. The summed E-state index contributed by atoms with van der Waals surface area (Å²) in [4.78, 5) is 12.1. The van der Waals surface area contributed by atoms with E-state index in [1.165, 1.54) is 30.5 Å². The summed E-state index contributed by atoms with van der Waals surface area (Å²) in [6.07, 6.45) is 6.38. The van der Waals surface area contributed by atoms with Gasteiger partial charge in [0.1, 0.15) is 12.4 Å². The Morgan fingerprint density at radius 2 is 2.19 bits per heavy atom. The van der Waals surface area contributed by atoms with Crippen molar-refractivity contribution in [3.63, 3.8) is 0 Å². The van der Waals surface area contributed by atoms with Crippen LogP contribution in [0.25, 0.3) is 0 Å². The Hall–Kier alpha value is -2.17. The highest BCUT2D eigenvalue weighted by Crippen LogP contribution is 2.19. The summed E-state index contributed by atoms with van der Waals surface area (Å²) in [7, 11) is 0. The molecule has 1 aliphatic carbocycles. The number of hydrogen-bond acceptors (Lipinski definition) is 2. The first kappa shape index (κ1) is 13.8. The number of nitrogens with one attached hydrogen (secondary N) is 1. The molecule has 0 spiro atoms. The van der Waals surface area contributed by atoms with Gasteiger partial charge in [0.25, 0.3) is 0 Å². The molecule has 4 nitrogen and oxygen atoms in total. The molecule has 1 aromatic carbocycles. The molecule has 0 bridgehead atoms. The summed E-state index contributed by atoms with van der Waals surface area (Å²) in [5.41, 5.74) is 3.72. The van der Waals surface area contributed by atoms with Crippen LogP contribution in [0.3, 0.4) is 0 Å². The molecule has 0 saturated heterocycles. The zero-order chi connectivity index (χ0) is 14.8. The van der Waals surface area contributed by atoms with E-state index < -0.39 is 0 Å². The summed E-state index contributed by atoms with van der Waals surface area (Å²) in [6.45, 7) is 1.95. The number of aromatic nitrogens is 2. The second kappa shape index (κ2) is 5.68. The van der Waals surface area contributed by atoms with Gasteiger partial charge < -0.3 is 5.32 Å². The van der Waals surface area contributed by atoms with Gasteiger partial charge in [0.05, 0.1) is 5.69 Å². The Labute approximate surface area is 123 Å². The maximum Gasteiger partial charge on any atom is 0.246 e. The number of fused-ring (bicyclic) bond motifs is 1. The number of rotatable bonds is 3. The molecule has 1 aliphatic rings. The summed E-state index contributed by atoms with van der Waals surface area (Å²) in [6, 6.07) is 4.33. The van der Waals surface area contributed by atoms with Crippen LogP contribution >= 0.6 is 0 Å². The highest BCUT2D eigenvalue weighted by Gasteiger charge is 2.15. The van der Waals surface area contributed by atoms with E-state index in [-0.39, 0.29) is 18.3 Å². The Kier molecular flexibility index (Phi) is 3.73. The number of anilines is 1. The fourth-order valence-corrected chi connectivity index (χ4v) is 2.72. The van der Waals surface area contributed by atoms with E-state index in [9.17, 15) is 9.18 Å². The largest absolute Gasteiger partial charge is 0.324 e. The van der Waals surface area contributed by atoms with Crippen LogP contribution in [-0.4, -0.2) is 15.7 Å². The third kappa shape index (κ3) is 3.12. The Morgan fingerprint density at radius 3 is 2.95 bits per heavy atom. The number of nitrogens with zero attached hydrogens (tertiary/aromatic N) is 2. The molecule has 3 rings (SSSR count). The molecule has 0 saturated carbocycles. The molecule has 0 fully saturated rings. The lowest BCUT2D eigenvalue weighted by Crippen LogP contribution is -2.19. The normalized spacial score (nSPS) is 13.8. The molecule has 2 aromatic rings. The van der Waals surface area contributed by atoms with Gasteiger partial charge in [0.2, 0.25) is 5.91 Å². The molecule has 21 heavy (non-hydrogen) atoms. The maximum absolute atomic E-state index is 13.0. The predicted molar refractivity (Wildman–Crippen MR) is 78.6 cm³/mol. The maximum atomic E-state index is 13.0. The number of carbonyl (C=O) groups is 1. The van der Waals surface area contributed by atoms with Gasteiger partial charge >= 0.3 is 0 Å². The molecule has 0 atom stereocenters. The summed E-state index contributed by atoms with van der Waals surface area (Å²) >= 11 is 0. The number of benzene rings is 1. The van der Waals surface area contributed by atoms with Crippen LogP contribution in [0.2, 0.25) is 0 Å². The number of amides is 1. The highest BCUT2D eigenvalue weighted by atomic mass is 19.1. The highest BCUT2D eigenvalue weighted by molar-refractivity contribution is 5.91. The van der Waals surface area contributed by atoms with Crippen LogP contribution in [0.15, 0.2) is 24.4 Å². The van der Waals surface area contributed by atoms with E-state index in [4.69, 9.17) is 0 Å². The summed E-state index contributed by atoms with van der Waals surface area (Å²) < 4.78 is 14.7. The van der Waals surface area contributed by atoms with Crippen LogP contribution in [-0.2, 0) is 24.2 Å². The van der Waals surface area contributed by atoms with Gasteiger partial charge in [-0.25, -0.2) is 4.39 Å². The van der Waals surface area contributed by atoms with Crippen LogP contribution in [0.4, 0.5) is 10.1 Å². The van der Waals surface area contributed by atoms with Crippen molar-refractivity contribution < 1.29 is 9.18 Å². The van der Waals surface area contributed by atoms with E-state index in [1.807, 2.05) is 6.20 Å². The van der Waals surface area contributed by atoms with Crippen molar-refractivity contribution in [1.29, 1.82) is 0 Å². The van der Waals surface area contributed by atoms with Crippen molar-refractivity contribution in [1.82, 2.24) is 9.78 Å². The molecular formula is C16H18FN3O. The van der Waals surface area contributed by atoms with Crippen LogP contribution < -0.4 is 5.32 Å². The van der Waals surface area contributed by atoms with Gasteiger partial charge in [-0.2, -0.15) is 5.10 Å². The van der Waals surface area contributed by atoms with Gasteiger partial charge in [0.15, 0.2) is 0 Å². The van der Waals surface area contributed by atoms with Crippen molar-refractivity contribution in [2.45, 2.75) is 39.2 Å². The van der Waals surface area contributed by atoms with E-state index >= 15 is 0 Å². The van der Waals surface area contributed by atoms with E-state index in [0.717, 1.165) is 18.5 Å². The third-order valence-corrected chi connectivity index (χ3v) is 3.80. The number of carbonyl (C=O) groups excluding carboxylic acids is 1. The lowest BCUT2D eigenvalue weighted by molar-refractivity contribution is -0.116. The standard InChI is InChI=1S/C16H18FN3O/c1-11-8-13(17)6-7-14(11)18-16(21)10-20-9-12-4-2-3-5-15(12)19-20/h6-9H,2-5,10H2,1H3,(H,18,21). The zero-order valence-corrected chi connectivity index (χ0v) is 12.0. The molecule has 1 aromatic heterocycles. The molecule has 1 N–H and O–H groups in total. The van der Waals surface area contributed by atoms with Gasteiger partial charge in [-0.15, -0.1) is 0 Å². The van der Waals surface area contributed by atoms with E-state index in [0.29, 0.717) is 11.3 Å². The number of halogens is 1. The lowest BCUT2D eigenvalue weighted by Gasteiger charge is -2.08. The van der Waals surface area contributed by atoms with Gasteiger partial charge in [0, 0.05) is 11.9 Å². The zero-order valence-electron chi connectivity index (χ0n) is 12.0. The van der Waals surface area contributed by atoms with Crippen molar-refractivity contribution in [3.8, 4) is 0 Å². The first-order valence-corrected chi connectivity index (χ1v) is 7.23. The average Bonchev–Trinajstić information content (AvgIpc) is 2.84. The van der Waals surface area contributed by atoms with Crippen LogP contribution in [0.5, 0.6) is 0 Å². The summed E-state index contributed by atoms with van der Waals surface area (Å²) in [5, 5.41) is 7.26. The van der Waals surface area contributed by atoms with Crippen molar-refractivity contribution in [3.05, 3.63) is 47.0 Å². The van der Waals surface area contributed by atoms with Crippen molar-refractivity contribution >= 4 is 11.6 Å². The smallest absolute Gasteiger partial charge is 0.246 e. The molecular weight excluding hydrogens is 269 g/mol. The van der Waals surface area contributed by atoms with E-state index in [1.54, 1.807) is 17.7 Å². The van der Waals surface area contributed by atoms with Gasteiger partial charge in [-0.3, -0.25) is 9.48 Å². The molecule has 0 radical (unpaired) electrons. The number of hydrogen-bond donors (Lipinski definition) is 1. The molecule has 110 valence electrons. The topological polar surface area (TPSA) is 46.9 Å². The van der Waals surface area contributed by atoms with Crippen LogP contribution in [0, 0.1) is 12.7 Å². The van der Waals surface area contributed by atoms with Gasteiger partial charge in [-0.05, 0) is 61.9 Å². The monoisotopic (exact) mass is 287 g/mol. The Balaban J connectivity index is 1.67. The Bertz CT molecular complexity index is 655. The average molecular weight is 287 g/mol. The first-order chi connectivity index (χ1) is 10.1. The molecule has 1 heterocycles. The second-order valence-corrected chi connectivity index (χ2v) is 5.51. The minimum absolute atomic E-state index is 0.149. The van der Waals surface area contributed by atoms with Crippen LogP contribution in [0.1, 0.15) is 29.7 Å². The SMILES string of the molecule is Cc1cc(F)ccc1NC(=O)Cn1cc2c(n1)CCCC2. The summed E-state index contributed by atoms with van der Waals surface area (Å²) in [5.74, 6) is -0.449. The fraction of sp³-hybridized carbons (Fsp3) is 0.375. The quantitative estimate of drug-likeness (QED) is 0.943. The fourth-order valence-electron chi connectivity index (χ4n) is 2.72. The second-order valence-electron chi connectivity index (χ2n) is 5.51. The number of aryl methyl sites for hydroxylation is 3. The minimum atomic E-state index is -0.301. The molecule has 1 amide bonds. The lowest BCUT2D eigenvalue weighted by atomic mass is 9.99. The van der Waals surface area contributed by atoms with Crippen molar-refractivity contribution in [2.24, 2.45) is 0 Å². The molecule has 0 unspecified atom stereocenters. The van der Waals surface area contributed by atoms with Gasteiger partial charge in [-0.1, -0.05) is 0 Å². The predicted octanol–water partition coefficient (Wildman–Crippen LogP) is 2.85. The van der Waals surface area contributed by atoms with E-state index in [2.05, 4.69) is 10.4 Å². The molecule has 5 heteroatoms.